The third kappa shape index (κ3) is 5.68. The average molecular weight is 768 g/mol. The Balaban J connectivity index is 1.48. The maximum absolute atomic E-state index is 2.80. The normalized spacial score (nSPS) is 21.8. The molecule has 0 heterocycles. The van der Waals surface area contributed by atoms with Crippen LogP contribution in [0.2, 0.25) is 0 Å². The molecule has 58 heavy (non-hydrogen) atoms. The van der Waals surface area contributed by atoms with Gasteiger partial charge in [0.25, 0.3) is 0 Å². The lowest BCUT2D eigenvalue weighted by Crippen LogP contribution is -2.37. The third-order valence-electron chi connectivity index (χ3n) is 16.2. The van der Waals surface area contributed by atoms with Crippen molar-refractivity contribution in [2.75, 3.05) is 4.90 Å². The van der Waals surface area contributed by atoms with Crippen molar-refractivity contribution in [3.05, 3.63) is 136 Å². The molecule has 0 fully saturated rings. The van der Waals surface area contributed by atoms with Crippen molar-refractivity contribution in [2.45, 2.75) is 173 Å². The van der Waals surface area contributed by atoms with Crippen LogP contribution in [0.1, 0.15) is 180 Å². The number of nitrogens with zero attached hydrogens (tertiary/aromatic N) is 1. The maximum atomic E-state index is 2.80. The van der Waals surface area contributed by atoms with Crippen LogP contribution in [0.25, 0.3) is 22.3 Å². The minimum absolute atomic E-state index is 0.00759. The Morgan fingerprint density at radius 2 is 0.707 bits per heavy atom. The summed E-state index contributed by atoms with van der Waals surface area (Å²) in [6.07, 6.45) is 7.08. The highest BCUT2D eigenvalue weighted by atomic mass is 15.2. The Morgan fingerprint density at radius 3 is 1.22 bits per heavy atom. The second-order valence-corrected chi connectivity index (χ2v) is 23.4. The molecular formula is C57H69N. The molecule has 1 nitrogen and oxygen atoms in total. The summed E-state index contributed by atoms with van der Waals surface area (Å²) in [6, 6.07) is 36.4. The molecule has 4 aliphatic carbocycles. The van der Waals surface area contributed by atoms with Crippen molar-refractivity contribution in [1.29, 1.82) is 0 Å². The van der Waals surface area contributed by atoms with E-state index >= 15 is 0 Å². The molecule has 0 aliphatic heterocycles. The van der Waals surface area contributed by atoms with Crippen molar-refractivity contribution < 1.29 is 0 Å². The van der Waals surface area contributed by atoms with Gasteiger partial charge in [-0.3, -0.25) is 0 Å². The summed E-state index contributed by atoms with van der Waals surface area (Å²) in [7, 11) is 0. The van der Waals surface area contributed by atoms with E-state index in [-0.39, 0.29) is 37.9 Å². The van der Waals surface area contributed by atoms with Gasteiger partial charge < -0.3 is 4.90 Å². The number of rotatable bonds is 4. The molecule has 1 heteroatoms. The summed E-state index contributed by atoms with van der Waals surface area (Å²) < 4.78 is 0. The monoisotopic (exact) mass is 768 g/mol. The number of benzene rings is 5. The molecule has 5 aromatic rings. The van der Waals surface area contributed by atoms with Crippen LogP contribution in [-0.4, -0.2) is 0 Å². The summed E-state index contributed by atoms with van der Waals surface area (Å²) in [5, 5.41) is 0. The summed E-state index contributed by atoms with van der Waals surface area (Å²) in [4.78, 5) is 2.80. The van der Waals surface area contributed by atoms with E-state index in [0.717, 1.165) is 12.8 Å². The Kier molecular flexibility index (Phi) is 8.46. The summed E-state index contributed by atoms with van der Waals surface area (Å²) in [6.45, 7) is 34.8. The highest BCUT2D eigenvalue weighted by Gasteiger charge is 2.46. The van der Waals surface area contributed by atoms with Gasteiger partial charge in [0.15, 0.2) is 0 Å². The number of anilines is 3. The molecule has 4 aliphatic rings. The smallest absolute Gasteiger partial charge is 0.0543 e. The first-order valence-electron chi connectivity index (χ1n) is 22.5. The minimum Gasteiger partial charge on any atom is -0.309 e. The highest BCUT2D eigenvalue weighted by molar-refractivity contribution is 5.97. The van der Waals surface area contributed by atoms with Crippen LogP contribution in [0.5, 0.6) is 0 Å². The van der Waals surface area contributed by atoms with E-state index in [1.165, 1.54) is 110 Å². The Bertz CT molecular complexity index is 2410. The molecule has 0 N–H and O–H groups in total. The van der Waals surface area contributed by atoms with Gasteiger partial charge in [-0.2, -0.15) is 0 Å². The topological polar surface area (TPSA) is 3.24 Å². The molecule has 0 saturated heterocycles. The quantitative estimate of drug-likeness (QED) is 0.176. The lowest BCUT2D eigenvalue weighted by atomic mass is 9.61. The summed E-state index contributed by atoms with van der Waals surface area (Å²) in [5.74, 6) is 0. The minimum atomic E-state index is -0.142. The van der Waals surface area contributed by atoms with Crippen LogP contribution in [-0.2, 0) is 37.9 Å². The van der Waals surface area contributed by atoms with E-state index in [1.807, 2.05) is 0 Å². The van der Waals surface area contributed by atoms with Crippen molar-refractivity contribution in [2.24, 2.45) is 0 Å². The lowest BCUT2D eigenvalue weighted by Gasteiger charge is -2.47. The maximum Gasteiger partial charge on any atom is 0.0543 e. The number of hydrogen-bond donors (Lipinski definition) is 0. The largest absolute Gasteiger partial charge is 0.309 e. The molecule has 0 amide bonds. The van der Waals surface area contributed by atoms with E-state index in [2.05, 4.69) is 193 Å². The molecule has 0 atom stereocenters. The van der Waals surface area contributed by atoms with E-state index in [9.17, 15) is 0 Å². The highest BCUT2D eigenvalue weighted by Crippen LogP contribution is 2.60. The molecule has 0 aromatic heterocycles. The zero-order chi connectivity index (χ0) is 41.6. The first-order valence-corrected chi connectivity index (χ1v) is 22.5. The second-order valence-electron chi connectivity index (χ2n) is 23.4. The van der Waals surface area contributed by atoms with Gasteiger partial charge in [-0.05, 0) is 156 Å². The summed E-state index contributed by atoms with van der Waals surface area (Å²) in [5.41, 5.74) is 21.7. The first-order chi connectivity index (χ1) is 27.0. The predicted octanol–water partition coefficient (Wildman–Crippen LogP) is 16.2. The first kappa shape index (κ1) is 39.4. The summed E-state index contributed by atoms with van der Waals surface area (Å²) >= 11 is 0. The van der Waals surface area contributed by atoms with Crippen molar-refractivity contribution in [3.8, 4) is 22.3 Å². The molecule has 302 valence electrons. The molecule has 0 radical (unpaired) electrons. The van der Waals surface area contributed by atoms with Crippen molar-refractivity contribution in [1.82, 2.24) is 0 Å². The third-order valence-corrected chi connectivity index (χ3v) is 16.2. The second kappa shape index (κ2) is 12.5. The fourth-order valence-corrected chi connectivity index (χ4v) is 12.3. The predicted molar refractivity (Wildman–Crippen MR) is 250 cm³/mol. The molecule has 5 aromatic carbocycles. The zero-order valence-corrected chi connectivity index (χ0v) is 38.4. The van der Waals surface area contributed by atoms with Crippen molar-refractivity contribution >= 4 is 17.1 Å². The fourth-order valence-electron chi connectivity index (χ4n) is 12.3. The van der Waals surface area contributed by atoms with Gasteiger partial charge in [-0.25, -0.2) is 0 Å². The van der Waals surface area contributed by atoms with Gasteiger partial charge in [0.05, 0.1) is 17.1 Å². The van der Waals surface area contributed by atoms with Gasteiger partial charge in [0, 0.05) is 11.0 Å². The molecular weight excluding hydrogens is 699 g/mol. The lowest BCUT2D eigenvalue weighted by molar-refractivity contribution is 0.331. The fraction of sp³-hybridized carbons (Fsp3) is 0.474. The SMILES string of the molecule is CC1(C)CCC(C)(C)c2c(-c3cc4c(cc3N(c3cccc5c3C(C)(C)CCC5(C)C)c3cccc5c3C(C)(C)CCC5(C)C)C(C)(C)c3ccccc3-4)cccc21. The molecule has 0 saturated carbocycles. The number of hydrogen-bond acceptors (Lipinski definition) is 1. The van der Waals surface area contributed by atoms with E-state index in [4.69, 9.17) is 0 Å². The van der Waals surface area contributed by atoms with Crippen LogP contribution >= 0.6 is 0 Å². The van der Waals surface area contributed by atoms with Crippen LogP contribution in [0, 0.1) is 0 Å². The molecule has 0 spiro atoms. The number of fused-ring (bicyclic) bond motifs is 6. The van der Waals surface area contributed by atoms with Crippen LogP contribution in [0.3, 0.4) is 0 Å². The van der Waals surface area contributed by atoms with E-state index in [1.54, 1.807) is 0 Å². The zero-order valence-electron chi connectivity index (χ0n) is 38.4. The van der Waals surface area contributed by atoms with Crippen molar-refractivity contribution in [3.63, 3.8) is 0 Å². The van der Waals surface area contributed by atoms with Gasteiger partial charge in [0.2, 0.25) is 0 Å². The molecule has 0 unspecified atom stereocenters. The Hall–Kier alpha value is -4.10. The molecule has 9 rings (SSSR count). The van der Waals surface area contributed by atoms with Gasteiger partial charge >= 0.3 is 0 Å². The van der Waals surface area contributed by atoms with Crippen LogP contribution in [0.15, 0.2) is 91.0 Å². The van der Waals surface area contributed by atoms with E-state index < -0.39 is 0 Å². The van der Waals surface area contributed by atoms with Gasteiger partial charge in [0.1, 0.15) is 0 Å². The Labute approximate surface area is 351 Å². The Morgan fingerprint density at radius 1 is 0.310 bits per heavy atom. The van der Waals surface area contributed by atoms with E-state index in [0.29, 0.717) is 0 Å². The van der Waals surface area contributed by atoms with Gasteiger partial charge in [-0.1, -0.05) is 164 Å². The van der Waals surface area contributed by atoms with Crippen LogP contribution < -0.4 is 4.90 Å². The standard InChI is InChI=1S/C57H69N/c1-51(2)28-31-54(7,8)48-37(21-17-23-41(48)51)39-34-38-36-20-15-16-22-40(36)57(13,14)44(38)35-47(39)58(45-26-18-24-42-49(45)55(9,10)32-29-52(42,3)4)46-27-19-25-43-50(46)56(11,12)33-30-53(43,5)6/h15-27,34-35H,28-33H2,1-14H3. The van der Waals surface area contributed by atoms with Crippen LogP contribution in [0.4, 0.5) is 17.1 Å². The van der Waals surface area contributed by atoms with Gasteiger partial charge in [-0.15, -0.1) is 0 Å². The molecule has 0 bridgehead atoms. The average Bonchev–Trinajstić information content (AvgIpc) is 3.39.